The molecule has 0 saturated carbocycles. The van der Waals surface area contributed by atoms with E-state index in [-0.39, 0.29) is 28.5 Å². The van der Waals surface area contributed by atoms with E-state index in [1.54, 1.807) is 24.3 Å². The van der Waals surface area contributed by atoms with E-state index < -0.39 is 11.7 Å². The summed E-state index contributed by atoms with van der Waals surface area (Å²) >= 11 is 18.1. The van der Waals surface area contributed by atoms with Crippen LogP contribution in [0.2, 0.25) is 15.1 Å². The van der Waals surface area contributed by atoms with Crippen LogP contribution < -0.4 is 5.32 Å². The molecule has 1 aromatic heterocycles. The van der Waals surface area contributed by atoms with Gasteiger partial charge in [-0.2, -0.15) is 5.10 Å². The molecule has 1 amide bonds. The number of hydrogen-bond acceptors (Lipinski definition) is 2. The SMILES string of the molecule is O=C(NCc1c(Cl)cccc1Cl)c1cc(-c2c(F)cccc2Cl)n[nH]1. The second-order valence-corrected chi connectivity index (χ2v) is 6.37. The van der Waals surface area contributed by atoms with Gasteiger partial charge in [0.25, 0.3) is 5.91 Å². The fourth-order valence-electron chi connectivity index (χ4n) is 2.27. The minimum absolute atomic E-state index is 0.133. The summed E-state index contributed by atoms with van der Waals surface area (Å²) in [6.45, 7) is 0.145. The highest BCUT2D eigenvalue weighted by molar-refractivity contribution is 6.36. The van der Waals surface area contributed by atoms with E-state index in [1.165, 1.54) is 18.2 Å². The van der Waals surface area contributed by atoms with Crippen molar-refractivity contribution in [2.45, 2.75) is 6.54 Å². The van der Waals surface area contributed by atoms with Gasteiger partial charge in [-0.25, -0.2) is 4.39 Å². The zero-order valence-corrected chi connectivity index (χ0v) is 14.9. The molecule has 3 aromatic rings. The van der Waals surface area contributed by atoms with Crippen LogP contribution in [0.15, 0.2) is 42.5 Å². The first-order valence-corrected chi connectivity index (χ1v) is 8.31. The maximum atomic E-state index is 13.9. The largest absolute Gasteiger partial charge is 0.347 e. The Bertz CT molecular complexity index is 902. The zero-order valence-electron chi connectivity index (χ0n) is 12.6. The normalized spacial score (nSPS) is 10.7. The van der Waals surface area contributed by atoms with Gasteiger partial charge in [-0.3, -0.25) is 9.89 Å². The maximum absolute atomic E-state index is 13.9. The van der Waals surface area contributed by atoms with Gasteiger partial charge in [0, 0.05) is 22.2 Å². The summed E-state index contributed by atoms with van der Waals surface area (Å²) in [5.41, 5.74) is 1.14. The smallest absolute Gasteiger partial charge is 0.269 e. The highest BCUT2D eigenvalue weighted by atomic mass is 35.5. The first kappa shape index (κ1) is 17.7. The third-order valence-electron chi connectivity index (χ3n) is 3.53. The molecule has 0 spiro atoms. The highest BCUT2D eigenvalue weighted by Gasteiger charge is 2.16. The van der Waals surface area contributed by atoms with Crippen LogP contribution in [-0.4, -0.2) is 16.1 Å². The summed E-state index contributed by atoms with van der Waals surface area (Å²) in [6, 6.07) is 10.8. The number of halogens is 4. The van der Waals surface area contributed by atoms with Gasteiger partial charge in [0.1, 0.15) is 11.5 Å². The Balaban J connectivity index is 1.77. The zero-order chi connectivity index (χ0) is 18.0. The lowest BCUT2D eigenvalue weighted by Gasteiger charge is -2.07. The van der Waals surface area contributed by atoms with Crippen molar-refractivity contribution < 1.29 is 9.18 Å². The molecule has 25 heavy (non-hydrogen) atoms. The van der Waals surface area contributed by atoms with Crippen LogP contribution in [0.5, 0.6) is 0 Å². The Hall–Kier alpha value is -2.08. The van der Waals surface area contributed by atoms with Gasteiger partial charge >= 0.3 is 0 Å². The Morgan fingerprint density at radius 1 is 1.08 bits per heavy atom. The molecular formula is C17H11Cl3FN3O. The topological polar surface area (TPSA) is 57.8 Å². The first-order chi connectivity index (χ1) is 12.0. The molecule has 0 aliphatic heterocycles. The molecule has 4 nitrogen and oxygen atoms in total. The number of amides is 1. The predicted molar refractivity (Wildman–Crippen MR) is 96.6 cm³/mol. The average molecular weight is 399 g/mol. The fourth-order valence-corrected chi connectivity index (χ4v) is 3.06. The number of H-pyrrole nitrogens is 1. The van der Waals surface area contributed by atoms with Crippen LogP contribution in [0.4, 0.5) is 4.39 Å². The minimum Gasteiger partial charge on any atom is -0.347 e. The number of aromatic amines is 1. The van der Waals surface area contributed by atoms with Crippen LogP contribution in [0.3, 0.4) is 0 Å². The summed E-state index contributed by atoms with van der Waals surface area (Å²) in [7, 11) is 0. The number of nitrogens with one attached hydrogen (secondary N) is 2. The number of aromatic nitrogens is 2. The fraction of sp³-hybridized carbons (Fsp3) is 0.0588. The van der Waals surface area contributed by atoms with Crippen LogP contribution >= 0.6 is 34.8 Å². The summed E-state index contributed by atoms with van der Waals surface area (Å²) in [6.07, 6.45) is 0. The number of benzene rings is 2. The molecule has 0 radical (unpaired) electrons. The third-order valence-corrected chi connectivity index (χ3v) is 4.55. The van der Waals surface area contributed by atoms with E-state index in [1.807, 2.05) is 0 Å². The molecule has 2 aromatic carbocycles. The Morgan fingerprint density at radius 2 is 1.72 bits per heavy atom. The predicted octanol–water partition coefficient (Wildman–Crippen LogP) is 5.11. The molecule has 0 atom stereocenters. The van der Waals surface area contributed by atoms with Crippen molar-refractivity contribution in [2.75, 3.05) is 0 Å². The summed E-state index contributed by atoms with van der Waals surface area (Å²) in [4.78, 5) is 12.3. The summed E-state index contributed by atoms with van der Waals surface area (Å²) in [5.74, 6) is -0.948. The van der Waals surface area contributed by atoms with Crippen molar-refractivity contribution in [3.63, 3.8) is 0 Å². The lowest BCUT2D eigenvalue weighted by molar-refractivity contribution is 0.0946. The molecule has 0 aliphatic carbocycles. The Morgan fingerprint density at radius 3 is 2.40 bits per heavy atom. The van der Waals surface area contributed by atoms with E-state index in [2.05, 4.69) is 15.5 Å². The Labute approximate surface area is 157 Å². The molecule has 3 rings (SSSR count). The lowest BCUT2D eigenvalue weighted by atomic mass is 10.1. The van der Waals surface area contributed by atoms with Gasteiger partial charge in [0.05, 0.1) is 16.3 Å². The van der Waals surface area contributed by atoms with Gasteiger partial charge in [-0.1, -0.05) is 46.9 Å². The van der Waals surface area contributed by atoms with Gasteiger partial charge in [0.15, 0.2) is 0 Å². The molecular weight excluding hydrogens is 388 g/mol. The monoisotopic (exact) mass is 397 g/mol. The van der Waals surface area contributed by atoms with Crippen LogP contribution in [0.1, 0.15) is 16.1 Å². The standard InChI is InChI=1S/C17H11Cl3FN3O/c18-10-3-1-4-11(19)9(10)8-22-17(25)15-7-14(23-24-15)16-12(20)5-2-6-13(16)21/h1-7H,8H2,(H,22,25)(H,23,24). The highest BCUT2D eigenvalue weighted by Crippen LogP contribution is 2.29. The van der Waals surface area contributed by atoms with E-state index in [4.69, 9.17) is 34.8 Å². The average Bonchev–Trinajstić information content (AvgIpc) is 3.04. The van der Waals surface area contributed by atoms with Crippen LogP contribution in [0, 0.1) is 5.82 Å². The minimum atomic E-state index is -0.520. The molecule has 2 N–H and O–H groups in total. The van der Waals surface area contributed by atoms with Crippen molar-refractivity contribution in [1.82, 2.24) is 15.5 Å². The number of carbonyl (C=O) groups excluding carboxylic acids is 1. The number of nitrogens with zero attached hydrogens (tertiary/aromatic N) is 1. The van der Waals surface area contributed by atoms with E-state index in [9.17, 15) is 9.18 Å². The Kier molecular flexibility index (Phi) is 5.27. The van der Waals surface area contributed by atoms with Crippen molar-refractivity contribution in [3.8, 4) is 11.3 Å². The van der Waals surface area contributed by atoms with Gasteiger partial charge in [-0.05, 0) is 30.3 Å². The molecule has 1 heterocycles. The van der Waals surface area contributed by atoms with Gasteiger partial charge < -0.3 is 5.32 Å². The van der Waals surface area contributed by atoms with Crippen LogP contribution in [0.25, 0.3) is 11.3 Å². The lowest BCUT2D eigenvalue weighted by Crippen LogP contribution is -2.23. The van der Waals surface area contributed by atoms with E-state index in [0.717, 1.165) is 0 Å². The van der Waals surface area contributed by atoms with E-state index >= 15 is 0 Å². The van der Waals surface area contributed by atoms with Gasteiger partial charge in [-0.15, -0.1) is 0 Å². The van der Waals surface area contributed by atoms with Crippen molar-refractivity contribution in [1.29, 1.82) is 0 Å². The van der Waals surface area contributed by atoms with Crippen LogP contribution in [-0.2, 0) is 6.54 Å². The van der Waals surface area contributed by atoms with Gasteiger partial charge in [0.2, 0.25) is 0 Å². The summed E-state index contributed by atoms with van der Waals surface area (Å²) in [5, 5.41) is 10.3. The van der Waals surface area contributed by atoms with Crippen molar-refractivity contribution >= 4 is 40.7 Å². The van der Waals surface area contributed by atoms with Crippen molar-refractivity contribution in [3.05, 3.63) is 74.6 Å². The van der Waals surface area contributed by atoms with Crippen molar-refractivity contribution in [2.24, 2.45) is 0 Å². The second-order valence-electron chi connectivity index (χ2n) is 5.15. The molecule has 0 saturated heterocycles. The number of hydrogen-bond donors (Lipinski definition) is 2. The second kappa shape index (κ2) is 7.44. The quantitative estimate of drug-likeness (QED) is 0.642. The first-order valence-electron chi connectivity index (χ1n) is 7.18. The number of carbonyl (C=O) groups is 1. The maximum Gasteiger partial charge on any atom is 0.269 e. The summed E-state index contributed by atoms with van der Waals surface area (Å²) < 4.78 is 13.9. The van der Waals surface area contributed by atoms with E-state index in [0.29, 0.717) is 15.6 Å². The molecule has 0 fully saturated rings. The molecule has 128 valence electrons. The molecule has 8 heteroatoms. The number of rotatable bonds is 4. The molecule has 0 bridgehead atoms. The third kappa shape index (κ3) is 3.79. The molecule has 0 unspecified atom stereocenters. The molecule has 0 aliphatic rings.